The lowest BCUT2D eigenvalue weighted by molar-refractivity contribution is -0.385. The fourth-order valence-electron chi connectivity index (χ4n) is 1.34. The number of hydrogen-bond donors (Lipinski definition) is 0. The predicted molar refractivity (Wildman–Crippen MR) is 65.8 cm³/mol. The zero-order valence-electron chi connectivity index (χ0n) is 8.29. The van der Waals surface area contributed by atoms with E-state index in [1.807, 2.05) is 22.6 Å². The lowest BCUT2D eigenvalue weighted by atomic mass is 10.2. The molecule has 0 aliphatic carbocycles. The minimum absolute atomic E-state index is 0.0844. The van der Waals surface area contributed by atoms with E-state index < -0.39 is 4.92 Å². The van der Waals surface area contributed by atoms with Crippen molar-refractivity contribution in [2.75, 3.05) is 0 Å². The number of nitrogens with zero attached hydrogens (tertiary/aromatic N) is 4. The van der Waals surface area contributed by atoms with E-state index in [2.05, 4.69) is 10.2 Å². The van der Waals surface area contributed by atoms with Crippen LogP contribution in [0.5, 0.6) is 0 Å². The van der Waals surface area contributed by atoms with Gasteiger partial charge >= 0.3 is 0 Å². The number of aromatic nitrogens is 3. The van der Waals surface area contributed by atoms with Crippen LogP contribution in [0.4, 0.5) is 5.69 Å². The molecule has 0 radical (unpaired) electrons. The second kappa shape index (κ2) is 4.16. The van der Waals surface area contributed by atoms with Crippen molar-refractivity contribution >= 4 is 28.3 Å². The van der Waals surface area contributed by atoms with Gasteiger partial charge < -0.3 is 4.57 Å². The number of nitro benzene ring substituents is 1. The molecule has 1 aromatic carbocycles. The summed E-state index contributed by atoms with van der Waals surface area (Å²) in [6.45, 7) is 0. The summed E-state index contributed by atoms with van der Waals surface area (Å²) in [5.74, 6) is 0.611. The molecule has 16 heavy (non-hydrogen) atoms. The summed E-state index contributed by atoms with van der Waals surface area (Å²) in [7, 11) is 1.79. The zero-order valence-corrected chi connectivity index (χ0v) is 10.5. The number of benzene rings is 1. The van der Waals surface area contributed by atoms with Gasteiger partial charge in [0.2, 0.25) is 0 Å². The maximum atomic E-state index is 10.8. The van der Waals surface area contributed by atoms with E-state index in [9.17, 15) is 10.1 Å². The van der Waals surface area contributed by atoms with Gasteiger partial charge in [0.05, 0.1) is 8.49 Å². The molecule has 6 nitrogen and oxygen atoms in total. The molecule has 0 N–H and O–H groups in total. The Morgan fingerprint density at radius 2 is 2.25 bits per heavy atom. The quantitative estimate of drug-likeness (QED) is 0.480. The molecule has 7 heteroatoms. The summed E-state index contributed by atoms with van der Waals surface area (Å²) in [4.78, 5) is 10.4. The van der Waals surface area contributed by atoms with E-state index >= 15 is 0 Å². The highest BCUT2D eigenvalue weighted by atomic mass is 127. The third kappa shape index (κ3) is 1.90. The average Bonchev–Trinajstić information content (AvgIpc) is 2.65. The SMILES string of the molecule is Cn1cnnc1-c1ccc(I)c([N+](=O)[O-])c1. The van der Waals surface area contributed by atoms with Crippen molar-refractivity contribution in [2.24, 2.45) is 7.05 Å². The Morgan fingerprint density at radius 3 is 2.81 bits per heavy atom. The van der Waals surface area contributed by atoms with Crippen molar-refractivity contribution in [1.82, 2.24) is 14.8 Å². The Labute approximate surface area is 105 Å². The van der Waals surface area contributed by atoms with Crippen LogP contribution in [0.1, 0.15) is 0 Å². The summed E-state index contributed by atoms with van der Waals surface area (Å²) >= 11 is 1.93. The first-order valence-electron chi connectivity index (χ1n) is 4.38. The molecule has 0 amide bonds. The van der Waals surface area contributed by atoms with E-state index in [1.54, 1.807) is 30.1 Å². The molecular formula is C9H7IN4O2. The lowest BCUT2D eigenvalue weighted by Crippen LogP contribution is -1.95. The summed E-state index contributed by atoms with van der Waals surface area (Å²) in [5, 5.41) is 18.4. The smallest absolute Gasteiger partial charge is 0.283 e. The summed E-state index contributed by atoms with van der Waals surface area (Å²) in [5.41, 5.74) is 0.771. The molecule has 0 atom stereocenters. The van der Waals surface area contributed by atoms with Crippen LogP contribution < -0.4 is 0 Å². The fourth-order valence-corrected chi connectivity index (χ4v) is 1.87. The van der Waals surface area contributed by atoms with Crippen molar-refractivity contribution in [1.29, 1.82) is 0 Å². The first-order chi connectivity index (χ1) is 7.59. The average molecular weight is 330 g/mol. The van der Waals surface area contributed by atoms with Gasteiger partial charge in [0.25, 0.3) is 5.69 Å². The minimum Gasteiger partial charge on any atom is -0.317 e. The Kier molecular flexibility index (Phi) is 2.86. The number of rotatable bonds is 2. The van der Waals surface area contributed by atoms with Gasteiger partial charge in [0.15, 0.2) is 5.82 Å². The first-order valence-corrected chi connectivity index (χ1v) is 5.46. The van der Waals surface area contributed by atoms with Crippen molar-refractivity contribution in [2.45, 2.75) is 0 Å². The highest BCUT2D eigenvalue weighted by Crippen LogP contribution is 2.26. The molecule has 0 bridgehead atoms. The largest absolute Gasteiger partial charge is 0.317 e. The Bertz CT molecular complexity index is 552. The molecule has 1 heterocycles. The zero-order chi connectivity index (χ0) is 11.7. The van der Waals surface area contributed by atoms with Gasteiger partial charge in [-0.2, -0.15) is 0 Å². The van der Waals surface area contributed by atoms with Crippen molar-refractivity contribution < 1.29 is 4.92 Å². The highest BCUT2D eigenvalue weighted by Gasteiger charge is 2.14. The molecule has 1 aromatic heterocycles. The van der Waals surface area contributed by atoms with Crippen molar-refractivity contribution in [3.05, 3.63) is 38.2 Å². The van der Waals surface area contributed by atoms with Crippen LogP contribution in [-0.4, -0.2) is 19.7 Å². The monoisotopic (exact) mass is 330 g/mol. The van der Waals surface area contributed by atoms with Crippen LogP contribution >= 0.6 is 22.6 Å². The van der Waals surface area contributed by atoms with Crippen molar-refractivity contribution in [3.8, 4) is 11.4 Å². The van der Waals surface area contributed by atoms with E-state index in [-0.39, 0.29) is 5.69 Å². The number of nitro groups is 1. The van der Waals surface area contributed by atoms with Crippen molar-refractivity contribution in [3.63, 3.8) is 0 Å². The van der Waals surface area contributed by atoms with E-state index in [1.165, 1.54) is 6.07 Å². The number of aryl methyl sites for hydroxylation is 1. The molecule has 0 aliphatic rings. The van der Waals surface area contributed by atoms with E-state index in [0.29, 0.717) is 15.0 Å². The van der Waals surface area contributed by atoms with Gasteiger partial charge in [-0.1, -0.05) is 0 Å². The van der Waals surface area contributed by atoms with E-state index in [4.69, 9.17) is 0 Å². The third-order valence-electron chi connectivity index (χ3n) is 2.11. The third-order valence-corrected chi connectivity index (χ3v) is 3.02. The molecule has 0 spiro atoms. The first kappa shape index (κ1) is 11.0. The van der Waals surface area contributed by atoms with Crippen LogP contribution in [0.15, 0.2) is 24.5 Å². The number of halogens is 1. The maximum Gasteiger partial charge on any atom is 0.283 e. The lowest BCUT2D eigenvalue weighted by Gasteiger charge is -2.01. The van der Waals surface area contributed by atoms with Crippen LogP contribution in [0.2, 0.25) is 0 Å². The maximum absolute atomic E-state index is 10.8. The summed E-state index contributed by atoms with van der Waals surface area (Å²) < 4.78 is 2.32. The van der Waals surface area contributed by atoms with Crippen LogP contribution in [0.25, 0.3) is 11.4 Å². The van der Waals surface area contributed by atoms with Crippen LogP contribution in [-0.2, 0) is 7.05 Å². The van der Waals surface area contributed by atoms with E-state index in [0.717, 1.165) is 0 Å². The molecule has 0 fully saturated rings. The van der Waals surface area contributed by atoms with Gasteiger partial charge in [0.1, 0.15) is 6.33 Å². The van der Waals surface area contributed by atoms with Gasteiger partial charge in [-0.3, -0.25) is 10.1 Å². The molecule has 82 valence electrons. The molecule has 2 rings (SSSR count). The van der Waals surface area contributed by atoms with Crippen LogP contribution in [0, 0.1) is 13.7 Å². The minimum atomic E-state index is -0.401. The highest BCUT2D eigenvalue weighted by molar-refractivity contribution is 14.1. The summed E-state index contributed by atoms with van der Waals surface area (Å²) in [6.07, 6.45) is 1.55. The molecule has 0 saturated heterocycles. The normalized spacial score (nSPS) is 10.4. The second-order valence-corrected chi connectivity index (χ2v) is 4.35. The fraction of sp³-hybridized carbons (Fsp3) is 0.111. The van der Waals surface area contributed by atoms with Gasteiger partial charge in [-0.25, -0.2) is 0 Å². The van der Waals surface area contributed by atoms with Gasteiger partial charge in [-0.05, 0) is 34.7 Å². The molecule has 2 aromatic rings. The number of hydrogen-bond acceptors (Lipinski definition) is 4. The van der Waals surface area contributed by atoms with Gasteiger partial charge in [-0.15, -0.1) is 10.2 Å². The molecule has 0 aliphatic heterocycles. The summed E-state index contributed by atoms with van der Waals surface area (Å²) in [6, 6.07) is 4.99. The Hall–Kier alpha value is -1.51. The predicted octanol–water partition coefficient (Wildman–Crippen LogP) is 1.99. The Balaban J connectivity index is 2.56. The Morgan fingerprint density at radius 1 is 1.50 bits per heavy atom. The van der Waals surface area contributed by atoms with Gasteiger partial charge in [0, 0.05) is 18.7 Å². The standard InChI is InChI=1S/C9H7IN4O2/c1-13-5-11-12-9(13)6-2-3-7(10)8(4-6)14(15)16/h2-5H,1H3. The molecule has 0 unspecified atom stereocenters. The topological polar surface area (TPSA) is 73.8 Å². The molecule has 0 saturated carbocycles. The molecular weight excluding hydrogens is 323 g/mol. The second-order valence-electron chi connectivity index (χ2n) is 3.19. The van der Waals surface area contributed by atoms with Crippen LogP contribution in [0.3, 0.4) is 0 Å².